The third-order valence-electron chi connectivity index (χ3n) is 3.39. The lowest BCUT2D eigenvalue weighted by Gasteiger charge is -2.16. The van der Waals surface area contributed by atoms with Gasteiger partial charge < -0.3 is 5.73 Å². The van der Waals surface area contributed by atoms with E-state index in [1.165, 1.54) is 0 Å². The smallest absolute Gasteiger partial charge is 0.241 e. The molecule has 0 aliphatic heterocycles. The van der Waals surface area contributed by atoms with Crippen LogP contribution in [0.2, 0.25) is 0 Å². The molecule has 0 radical (unpaired) electrons. The molecule has 0 saturated carbocycles. The van der Waals surface area contributed by atoms with Gasteiger partial charge in [-0.15, -0.1) is 0 Å². The SMILES string of the molecule is Cc1c(N)cccc1S(=O)(=O)NC(C)CCCC(C)C. The molecule has 0 heterocycles. The predicted molar refractivity (Wildman–Crippen MR) is 84.1 cm³/mol. The van der Waals surface area contributed by atoms with E-state index in [0.29, 0.717) is 17.2 Å². The molecule has 0 saturated heterocycles. The summed E-state index contributed by atoms with van der Waals surface area (Å²) in [4.78, 5) is 0.271. The number of anilines is 1. The van der Waals surface area contributed by atoms with Gasteiger partial charge in [-0.3, -0.25) is 0 Å². The van der Waals surface area contributed by atoms with Crippen LogP contribution in [-0.4, -0.2) is 14.5 Å². The predicted octanol–water partition coefficient (Wildman–Crippen LogP) is 3.07. The van der Waals surface area contributed by atoms with Gasteiger partial charge in [0.1, 0.15) is 0 Å². The number of nitrogens with one attached hydrogen (secondary N) is 1. The summed E-state index contributed by atoms with van der Waals surface area (Å²) in [6.45, 7) is 7.97. The Morgan fingerprint density at radius 3 is 2.45 bits per heavy atom. The normalized spacial score (nSPS) is 13.7. The summed E-state index contributed by atoms with van der Waals surface area (Å²) in [5, 5.41) is 0. The Hall–Kier alpha value is -1.07. The minimum absolute atomic E-state index is 0.0698. The second kappa shape index (κ2) is 7.09. The summed E-state index contributed by atoms with van der Waals surface area (Å²) < 4.78 is 27.4. The molecule has 1 unspecified atom stereocenters. The molecule has 0 aromatic heterocycles. The molecule has 20 heavy (non-hydrogen) atoms. The fourth-order valence-corrected chi connectivity index (χ4v) is 3.70. The monoisotopic (exact) mass is 298 g/mol. The lowest BCUT2D eigenvalue weighted by atomic mass is 10.0. The molecular weight excluding hydrogens is 272 g/mol. The fourth-order valence-electron chi connectivity index (χ4n) is 2.14. The highest BCUT2D eigenvalue weighted by Crippen LogP contribution is 2.21. The number of hydrogen-bond donors (Lipinski definition) is 2. The first-order chi connectivity index (χ1) is 9.24. The van der Waals surface area contributed by atoms with Gasteiger partial charge in [-0.1, -0.05) is 32.8 Å². The number of rotatable bonds is 7. The molecule has 0 amide bonds. The van der Waals surface area contributed by atoms with Crippen molar-refractivity contribution in [3.05, 3.63) is 23.8 Å². The maximum absolute atomic E-state index is 12.3. The van der Waals surface area contributed by atoms with Gasteiger partial charge in [-0.05, 0) is 43.9 Å². The summed E-state index contributed by atoms with van der Waals surface area (Å²) in [5.41, 5.74) is 6.88. The van der Waals surface area contributed by atoms with Crippen molar-refractivity contribution >= 4 is 15.7 Å². The maximum Gasteiger partial charge on any atom is 0.241 e. The minimum atomic E-state index is -3.49. The zero-order valence-electron chi connectivity index (χ0n) is 12.8. The van der Waals surface area contributed by atoms with Crippen molar-refractivity contribution in [3.8, 4) is 0 Å². The van der Waals surface area contributed by atoms with E-state index in [2.05, 4.69) is 18.6 Å². The van der Waals surface area contributed by atoms with Crippen LogP contribution in [0.3, 0.4) is 0 Å². The van der Waals surface area contributed by atoms with Gasteiger partial charge in [0.25, 0.3) is 0 Å². The van der Waals surface area contributed by atoms with Crippen molar-refractivity contribution in [2.45, 2.75) is 57.9 Å². The van der Waals surface area contributed by atoms with Gasteiger partial charge in [0.2, 0.25) is 10.0 Å². The molecule has 1 rings (SSSR count). The first kappa shape index (κ1) is 17.0. The zero-order chi connectivity index (χ0) is 15.3. The zero-order valence-corrected chi connectivity index (χ0v) is 13.6. The Morgan fingerprint density at radius 2 is 1.85 bits per heavy atom. The van der Waals surface area contributed by atoms with Gasteiger partial charge in [0.05, 0.1) is 4.90 Å². The average molecular weight is 298 g/mol. The van der Waals surface area contributed by atoms with E-state index in [9.17, 15) is 8.42 Å². The summed E-state index contributed by atoms with van der Waals surface area (Å²) in [6.07, 6.45) is 2.99. The van der Waals surface area contributed by atoms with Crippen molar-refractivity contribution in [3.63, 3.8) is 0 Å². The molecule has 0 aliphatic carbocycles. The summed E-state index contributed by atoms with van der Waals surface area (Å²) in [5.74, 6) is 0.648. The maximum atomic E-state index is 12.3. The molecule has 4 nitrogen and oxygen atoms in total. The molecule has 114 valence electrons. The van der Waals surface area contributed by atoms with E-state index in [4.69, 9.17) is 5.73 Å². The number of hydrogen-bond acceptors (Lipinski definition) is 3. The van der Waals surface area contributed by atoms with Crippen LogP contribution in [0.15, 0.2) is 23.1 Å². The van der Waals surface area contributed by atoms with E-state index in [1.54, 1.807) is 25.1 Å². The molecule has 0 fully saturated rings. The molecule has 1 atom stereocenters. The Kier molecular flexibility index (Phi) is 6.02. The van der Waals surface area contributed by atoms with E-state index >= 15 is 0 Å². The van der Waals surface area contributed by atoms with Gasteiger partial charge in [-0.25, -0.2) is 13.1 Å². The summed E-state index contributed by atoms with van der Waals surface area (Å²) in [7, 11) is -3.49. The van der Waals surface area contributed by atoms with Crippen LogP contribution in [-0.2, 0) is 10.0 Å². The lowest BCUT2D eigenvalue weighted by Crippen LogP contribution is -2.33. The minimum Gasteiger partial charge on any atom is -0.398 e. The molecule has 5 heteroatoms. The molecule has 3 N–H and O–H groups in total. The number of nitrogens with two attached hydrogens (primary N) is 1. The highest BCUT2D eigenvalue weighted by Gasteiger charge is 2.20. The number of nitrogen functional groups attached to an aromatic ring is 1. The summed E-state index contributed by atoms with van der Waals surface area (Å²) in [6, 6.07) is 4.90. The molecule has 1 aromatic rings. The van der Waals surface area contributed by atoms with E-state index in [-0.39, 0.29) is 10.9 Å². The standard InChI is InChI=1S/C15H26N2O2S/c1-11(2)7-5-8-12(3)17-20(18,19)15-10-6-9-14(16)13(15)4/h6,9-12,17H,5,7-8,16H2,1-4H3. The van der Waals surface area contributed by atoms with Crippen LogP contribution < -0.4 is 10.5 Å². The second-order valence-corrected chi connectivity index (χ2v) is 7.50. The van der Waals surface area contributed by atoms with Crippen molar-refractivity contribution in [2.24, 2.45) is 5.92 Å². The highest BCUT2D eigenvalue weighted by atomic mass is 32.2. The average Bonchev–Trinajstić information content (AvgIpc) is 2.31. The Bertz CT molecular complexity index is 539. The van der Waals surface area contributed by atoms with Crippen molar-refractivity contribution < 1.29 is 8.42 Å². The van der Waals surface area contributed by atoms with Gasteiger partial charge >= 0.3 is 0 Å². The molecule has 0 spiro atoms. The number of benzene rings is 1. The van der Waals surface area contributed by atoms with Crippen LogP contribution in [0.25, 0.3) is 0 Å². The first-order valence-electron chi connectivity index (χ1n) is 7.11. The third-order valence-corrected chi connectivity index (χ3v) is 5.12. The van der Waals surface area contributed by atoms with E-state index < -0.39 is 10.0 Å². The van der Waals surface area contributed by atoms with Crippen LogP contribution >= 0.6 is 0 Å². The highest BCUT2D eigenvalue weighted by molar-refractivity contribution is 7.89. The lowest BCUT2D eigenvalue weighted by molar-refractivity contribution is 0.488. The second-order valence-electron chi connectivity index (χ2n) is 5.82. The Balaban J connectivity index is 2.72. The van der Waals surface area contributed by atoms with Crippen LogP contribution in [0.1, 0.15) is 45.6 Å². The molecule has 1 aromatic carbocycles. The van der Waals surface area contributed by atoms with Crippen LogP contribution in [0.5, 0.6) is 0 Å². The Labute approximate surface area is 122 Å². The van der Waals surface area contributed by atoms with Gasteiger partial charge in [0, 0.05) is 11.7 Å². The first-order valence-corrected chi connectivity index (χ1v) is 8.59. The molecular formula is C15H26N2O2S. The van der Waals surface area contributed by atoms with Crippen LogP contribution in [0, 0.1) is 12.8 Å². The van der Waals surface area contributed by atoms with Crippen molar-refractivity contribution in [2.75, 3.05) is 5.73 Å². The number of sulfonamides is 1. The van der Waals surface area contributed by atoms with Gasteiger partial charge in [0.15, 0.2) is 0 Å². The third kappa shape index (κ3) is 4.80. The quantitative estimate of drug-likeness (QED) is 0.760. The fraction of sp³-hybridized carbons (Fsp3) is 0.600. The Morgan fingerprint density at radius 1 is 1.20 bits per heavy atom. The van der Waals surface area contributed by atoms with Crippen molar-refractivity contribution in [1.82, 2.24) is 4.72 Å². The summed E-state index contributed by atoms with van der Waals surface area (Å²) >= 11 is 0. The molecule has 0 aliphatic rings. The topological polar surface area (TPSA) is 72.2 Å². The van der Waals surface area contributed by atoms with E-state index in [0.717, 1.165) is 19.3 Å². The van der Waals surface area contributed by atoms with Crippen LogP contribution in [0.4, 0.5) is 5.69 Å². The largest absolute Gasteiger partial charge is 0.398 e. The van der Waals surface area contributed by atoms with E-state index in [1.807, 2.05) is 6.92 Å². The molecule has 0 bridgehead atoms. The van der Waals surface area contributed by atoms with Crippen molar-refractivity contribution in [1.29, 1.82) is 0 Å². The van der Waals surface area contributed by atoms with Gasteiger partial charge in [-0.2, -0.15) is 0 Å².